The molecule has 1 atom stereocenters. The molecule has 0 aliphatic rings. The van der Waals surface area contributed by atoms with Gasteiger partial charge in [-0.15, -0.1) is 10.2 Å². The molecule has 2 rings (SSSR count). The Hall–Kier alpha value is -2.86. The highest BCUT2D eigenvalue weighted by molar-refractivity contribution is 8.00. The van der Waals surface area contributed by atoms with Gasteiger partial charge in [0.25, 0.3) is 0 Å². The summed E-state index contributed by atoms with van der Waals surface area (Å²) in [5, 5.41) is 20.1. The van der Waals surface area contributed by atoms with Crippen molar-refractivity contribution in [1.29, 1.82) is 5.26 Å². The summed E-state index contributed by atoms with van der Waals surface area (Å²) in [5.74, 6) is 0.109. The molecule has 8 nitrogen and oxygen atoms in total. The minimum absolute atomic E-state index is 0.177. The third-order valence-electron chi connectivity index (χ3n) is 3.64. The van der Waals surface area contributed by atoms with Gasteiger partial charge in [-0.25, -0.2) is 0 Å². The molecule has 1 aromatic heterocycles. The topological polar surface area (TPSA) is 127 Å². The highest BCUT2D eigenvalue weighted by Crippen LogP contribution is 2.24. The molecule has 0 radical (unpaired) electrons. The Bertz CT molecular complexity index is 825. The SMILES string of the molecule is CCn1c(CCC(N)=O)nnc1S[C@@H](C)C(=O)Nc1ccc(C#N)cc1. The van der Waals surface area contributed by atoms with Crippen molar-refractivity contribution in [1.82, 2.24) is 14.8 Å². The second-order valence-electron chi connectivity index (χ2n) is 5.55. The minimum Gasteiger partial charge on any atom is -0.370 e. The van der Waals surface area contributed by atoms with Crippen molar-refractivity contribution >= 4 is 29.3 Å². The van der Waals surface area contributed by atoms with E-state index in [2.05, 4.69) is 15.5 Å². The summed E-state index contributed by atoms with van der Waals surface area (Å²) in [6.45, 7) is 4.36. The summed E-state index contributed by atoms with van der Waals surface area (Å²) in [6.07, 6.45) is 0.625. The molecule has 26 heavy (non-hydrogen) atoms. The number of carbonyl (C=O) groups is 2. The number of nitrogens with zero attached hydrogens (tertiary/aromatic N) is 4. The quantitative estimate of drug-likeness (QED) is 0.679. The third kappa shape index (κ3) is 5.07. The molecule has 1 aromatic carbocycles. The van der Waals surface area contributed by atoms with Gasteiger partial charge in [-0.1, -0.05) is 11.8 Å². The maximum atomic E-state index is 12.4. The Labute approximate surface area is 155 Å². The van der Waals surface area contributed by atoms with Gasteiger partial charge in [0.1, 0.15) is 5.82 Å². The second-order valence-corrected chi connectivity index (χ2v) is 6.86. The number of anilines is 1. The van der Waals surface area contributed by atoms with E-state index >= 15 is 0 Å². The van der Waals surface area contributed by atoms with Gasteiger partial charge < -0.3 is 15.6 Å². The van der Waals surface area contributed by atoms with Crippen LogP contribution >= 0.6 is 11.8 Å². The van der Waals surface area contributed by atoms with Gasteiger partial charge in [0, 0.05) is 25.1 Å². The van der Waals surface area contributed by atoms with Crippen LogP contribution in [0.15, 0.2) is 29.4 Å². The molecule has 0 unspecified atom stereocenters. The minimum atomic E-state index is -0.399. The van der Waals surface area contributed by atoms with E-state index in [1.807, 2.05) is 17.6 Å². The van der Waals surface area contributed by atoms with Gasteiger partial charge in [-0.3, -0.25) is 9.59 Å². The number of carbonyl (C=O) groups excluding carboxylic acids is 2. The first-order valence-electron chi connectivity index (χ1n) is 8.12. The average molecular weight is 372 g/mol. The van der Waals surface area contributed by atoms with Crippen molar-refractivity contribution in [3.8, 4) is 6.07 Å². The van der Waals surface area contributed by atoms with Crippen molar-refractivity contribution in [2.45, 2.75) is 43.6 Å². The van der Waals surface area contributed by atoms with E-state index in [0.717, 1.165) is 0 Å². The highest BCUT2D eigenvalue weighted by Gasteiger charge is 2.20. The van der Waals surface area contributed by atoms with Crippen LogP contribution in [0.4, 0.5) is 5.69 Å². The normalized spacial score (nSPS) is 11.6. The zero-order chi connectivity index (χ0) is 19.1. The van der Waals surface area contributed by atoms with Crippen LogP contribution in [0.5, 0.6) is 0 Å². The van der Waals surface area contributed by atoms with E-state index in [1.54, 1.807) is 31.2 Å². The standard InChI is InChI=1S/C17H20N6O2S/c1-3-23-15(9-8-14(19)24)21-22-17(23)26-11(2)16(25)20-13-6-4-12(10-18)5-7-13/h4-7,11H,3,8-9H2,1-2H3,(H2,19,24)(H,20,25)/t11-/m0/s1. The van der Waals surface area contributed by atoms with Crippen LogP contribution in [0, 0.1) is 11.3 Å². The number of primary amides is 1. The van der Waals surface area contributed by atoms with Gasteiger partial charge in [-0.2, -0.15) is 5.26 Å². The van der Waals surface area contributed by atoms with E-state index in [4.69, 9.17) is 11.0 Å². The van der Waals surface area contributed by atoms with Crippen molar-refractivity contribution in [3.05, 3.63) is 35.7 Å². The number of hydrogen-bond acceptors (Lipinski definition) is 6. The van der Waals surface area contributed by atoms with Crippen molar-refractivity contribution in [3.63, 3.8) is 0 Å². The van der Waals surface area contributed by atoms with E-state index in [9.17, 15) is 9.59 Å². The number of aryl methyl sites for hydroxylation is 1. The summed E-state index contributed by atoms with van der Waals surface area (Å²) >= 11 is 1.29. The third-order valence-corrected chi connectivity index (χ3v) is 4.72. The Morgan fingerprint density at radius 3 is 2.62 bits per heavy atom. The van der Waals surface area contributed by atoms with Crippen molar-refractivity contribution in [2.24, 2.45) is 5.73 Å². The fourth-order valence-electron chi connectivity index (χ4n) is 2.23. The van der Waals surface area contributed by atoms with Crippen LogP contribution in [0.25, 0.3) is 0 Å². The molecule has 0 aliphatic heterocycles. The zero-order valence-electron chi connectivity index (χ0n) is 14.6. The first-order valence-corrected chi connectivity index (χ1v) is 9.00. The molecule has 2 amide bonds. The smallest absolute Gasteiger partial charge is 0.237 e. The molecule has 0 fully saturated rings. The van der Waals surface area contributed by atoms with Gasteiger partial charge in [0.15, 0.2) is 5.16 Å². The predicted molar refractivity (Wildman–Crippen MR) is 98.3 cm³/mol. The van der Waals surface area contributed by atoms with E-state index in [0.29, 0.717) is 35.2 Å². The molecule has 9 heteroatoms. The Kier molecular flexibility index (Phi) is 6.74. The largest absolute Gasteiger partial charge is 0.370 e. The molecule has 136 valence electrons. The summed E-state index contributed by atoms with van der Waals surface area (Å²) in [6, 6.07) is 8.69. The first-order chi connectivity index (χ1) is 12.4. The molecule has 0 bridgehead atoms. The lowest BCUT2D eigenvalue weighted by atomic mass is 10.2. The lowest BCUT2D eigenvalue weighted by molar-refractivity contribution is -0.118. The molecule has 0 saturated carbocycles. The number of hydrogen-bond donors (Lipinski definition) is 2. The zero-order valence-corrected chi connectivity index (χ0v) is 15.4. The summed E-state index contributed by atoms with van der Waals surface area (Å²) in [5.41, 5.74) is 6.34. The highest BCUT2D eigenvalue weighted by atomic mass is 32.2. The van der Waals surface area contributed by atoms with E-state index in [1.165, 1.54) is 11.8 Å². The van der Waals surface area contributed by atoms with Crippen LogP contribution in [0.1, 0.15) is 31.7 Å². The number of benzene rings is 1. The first kappa shape index (κ1) is 19.5. The lowest BCUT2D eigenvalue weighted by Gasteiger charge is -2.12. The van der Waals surface area contributed by atoms with Crippen LogP contribution < -0.4 is 11.1 Å². The molecule has 1 heterocycles. The Balaban J connectivity index is 2.01. The molecular weight excluding hydrogens is 352 g/mol. The molecular formula is C17H20N6O2S. The molecule has 0 aliphatic carbocycles. The van der Waals surface area contributed by atoms with E-state index < -0.39 is 5.25 Å². The van der Waals surface area contributed by atoms with Crippen LogP contribution in [0.3, 0.4) is 0 Å². The maximum absolute atomic E-state index is 12.4. The van der Waals surface area contributed by atoms with Gasteiger partial charge in [-0.05, 0) is 38.1 Å². The maximum Gasteiger partial charge on any atom is 0.237 e. The summed E-state index contributed by atoms with van der Waals surface area (Å²) in [7, 11) is 0. The number of nitrogens with one attached hydrogen (secondary N) is 1. The fourth-order valence-corrected chi connectivity index (χ4v) is 3.16. The monoisotopic (exact) mass is 372 g/mol. The van der Waals surface area contributed by atoms with Crippen molar-refractivity contribution < 1.29 is 9.59 Å². The number of nitrogens with two attached hydrogens (primary N) is 1. The molecule has 0 spiro atoms. The van der Waals surface area contributed by atoms with E-state index in [-0.39, 0.29) is 18.2 Å². The second kappa shape index (κ2) is 9.01. The summed E-state index contributed by atoms with van der Waals surface area (Å²) < 4.78 is 1.87. The fraction of sp³-hybridized carbons (Fsp3) is 0.353. The van der Waals surface area contributed by atoms with Gasteiger partial charge in [0.05, 0.1) is 16.9 Å². The van der Waals surface area contributed by atoms with Crippen LogP contribution in [-0.2, 0) is 22.6 Å². The number of nitriles is 1. The summed E-state index contributed by atoms with van der Waals surface area (Å²) in [4.78, 5) is 23.3. The molecule has 3 N–H and O–H groups in total. The molecule has 2 aromatic rings. The van der Waals surface area contributed by atoms with Gasteiger partial charge >= 0.3 is 0 Å². The van der Waals surface area contributed by atoms with Crippen molar-refractivity contribution in [2.75, 3.05) is 5.32 Å². The average Bonchev–Trinajstić information content (AvgIpc) is 3.02. The number of rotatable bonds is 8. The number of thioether (sulfide) groups is 1. The van der Waals surface area contributed by atoms with Crippen LogP contribution in [0.2, 0.25) is 0 Å². The molecule has 0 saturated heterocycles. The predicted octanol–water partition coefficient (Wildman–Crippen LogP) is 1.71. The van der Waals surface area contributed by atoms with Gasteiger partial charge in [0.2, 0.25) is 11.8 Å². The lowest BCUT2D eigenvalue weighted by Crippen LogP contribution is -2.23. The van der Waals surface area contributed by atoms with Crippen LogP contribution in [-0.4, -0.2) is 31.8 Å². The Morgan fingerprint density at radius 2 is 2.04 bits per heavy atom. The Morgan fingerprint density at radius 1 is 1.35 bits per heavy atom. The number of amides is 2. The number of aromatic nitrogens is 3.